The zero-order chi connectivity index (χ0) is 16.4. The van der Waals surface area contributed by atoms with Crippen LogP contribution in [0.5, 0.6) is 0 Å². The molecule has 7 heteroatoms. The lowest BCUT2D eigenvalue weighted by atomic mass is 9.93. The van der Waals surface area contributed by atoms with Crippen LogP contribution in [0.3, 0.4) is 0 Å². The minimum Gasteiger partial charge on any atom is -0.392 e. The number of carbonyl (C=O) groups excluding carboxylic acids is 1. The summed E-state index contributed by atoms with van der Waals surface area (Å²) in [7, 11) is 0. The molecule has 5 nitrogen and oxygen atoms in total. The second kappa shape index (κ2) is 6.81. The van der Waals surface area contributed by atoms with E-state index >= 15 is 0 Å². The summed E-state index contributed by atoms with van der Waals surface area (Å²) >= 11 is 12.4. The van der Waals surface area contributed by atoms with Gasteiger partial charge in [-0.1, -0.05) is 35.3 Å². The van der Waals surface area contributed by atoms with Crippen LogP contribution in [0, 0.1) is 0 Å². The summed E-state index contributed by atoms with van der Waals surface area (Å²) in [4.78, 5) is 14.3. The van der Waals surface area contributed by atoms with Crippen molar-refractivity contribution in [3.63, 3.8) is 0 Å². The van der Waals surface area contributed by atoms with Gasteiger partial charge in [0.05, 0.1) is 24.8 Å². The number of aromatic amines is 1. The largest absolute Gasteiger partial charge is 0.392 e. The zero-order valence-electron chi connectivity index (χ0n) is 11.8. The maximum atomic E-state index is 11.5. The summed E-state index contributed by atoms with van der Waals surface area (Å²) in [6.45, 7) is 0.375. The van der Waals surface area contributed by atoms with E-state index in [9.17, 15) is 20.1 Å². The quantitative estimate of drug-likeness (QED) is 0.628. The molecule has 0 atom stereocenters. The third kappa shape index (κ3) is 2.78. The second-order valence-corrected chi connectivity index (χ2v) is 5.52. The topological polar surface area (TPSA) is 93.6 Å². The predicted octanol–water partition coefficient (Wildman–Crippen LogP) is 2.67. The molecule has 22 heavy (non-hydrogen) atoms. The lowest BCUT2D eigenvalue weighted by molar-refractivity contribution is 0.101. The fourth-order valence-corrected chi connectivity index (χ4v) is 3.14. The molecule has 0 spiro atoms. The molecule has 0 aliphatic heterocycles. The first kappa shape index (κ1) is 17.0. The Balaban J connectivity index is 2.76. The molecule has 0 fully saturated rings. The minimum absolute atomic E-state index is 0.160. The molecule has 0 aliphatic carbocycles. The van der Waals surface area contributed by atoms with Gasteiger partial charge in [0.25, 0.3) is 0 Å². The molecule has 1 heterocycles. The molecular weight excluding hydrogens is 329 g/mol. The van der Waals surface area contributed by atoms with Crippen molar-refractivity contribution in [1.82, 2.24) is 4.98 Å². The summed E-state index contributed by atoms with van der Waals surface area (Å²) in [6, 6.07) is 3.26. The fraction of sp³-hybridized carbons (Fsp3) is 0.267. The molecule has 1 aromatic carbocycles. The number of aliphatic hydroxyl groups is 3. The van der Waals surface area contributed by atoms with E-state index in [2.05, 4.69) is 4.98 Å². The summed E-state index contributed by atoms with van der Waals surface area (Å²) in [5.74, 6) is -0.266. The molecule has 0 saturated heterocycles. The van der Waals surface area contributed by atoms with Crippen molar-refractivity contribution in [2.45, 2.75) is 26.7 Å². The average molecular weight is 344 g/mol. The van der Waals surface area contributed by atoms with E-state index in [1.807, 2.05) is 0 Å². The maximum Gasteiger partial charge on any atom is 0.177 e. The first-order valence-corrected chi connectivity index (χ1v) is 7.26. The van der Waals surface area contributed by atoms with Crippen LogP contribution in [0.15, 0.2) is 12.1 Å². The number of carbonyl (C=O) groups is 1. The predicted molar refractivity (Wildman–Crippen MR) is 84.0 cm³/mol. The highest BCUT2D eigenvalue weighted by Gasteiger charge is 2.22. The summed E-state index contributed by atoms with van der Waals surface area (Å²) in [5, 5.41) is 28.8. The zero-order valence-corrected chi connectivity index (χ0v) is 13.3. The second-order valence-electron chi connectivity index (χ2n) is 4.76. The van der Waals surface area contributed by atoms with Crippen LogP contribution in [0.2, 0.25) is 10.2 Å². The van der Waals surface area contributed by atoms with Crippen LogP contribution < -0.4 is 0 Å². The van der Waals surface area contributed by atoms with Gasteiger partial charge in [0.15, 0.2) is 5.78 Å². The number of hydrogen-bond donors (Lipinski definition) is 4. The van der Waals surface area contributed by atoms with E-state index in [1.54, 1.807) is 12.1 Å². The average Bonchev–Trinajstić information content (AvgIpc) is 2.80. The Hall–Kier alpha value is -1.37. The van der Waals surface area contributed by atoms with Gasteiger partial charge in [0, 0.05) is 12.5 Å². The van der Waals surface area contributed by atoms with Gasteiger partial charge in [-0.25, -0.2) is 0 Å². The number of aromatic nitrogens is 1. The number of ketones is 1. The molecule has 0 saturated carbocycles. The molecule has 4 N–H and O–H groups in total. The van der Waals surface area contributed by atoms with Gasteiger partial charge in [0.1, 0.15) is 10.8 Å². The maximum absolute atomic E-state index is 11.5. The van der Waals surface area contributed by atoms with Gasteiger partial charge in [-0.15, -0.1) is 0 Å². The Morgan fingerprint density at radius 2 is 1.73 bits per heavy atom. The SMILES string of the molecule is CC(=O)c1[nH]c(Cl)c(-c2ccc(CO)c(CO)c2CO)c1Cl. The van der Waals surface area contributed by atoms with E-state index in [1.165, 1.54) is 6.92 Å². The minimum atomic E-state index is -0.369. The number of aliphatic hydroxyl groups excluding tert-OH is 3. The first-order chi connectivity index (χ1) is 10.5. The van der Waals surface area contributed by atoms with Crippen LogP contribution in [0.25, 0.3) is 11.1 Å². The number of H-pyrrole nitrogens is 1. The first-order valence-electron chi connectivity index (χ1n) is 6.50. The molecular formula is C15H15Cl2NO4. The molecule has 118 valence electrons. The van der Waals surface area contributed by atoms with Crippen LogP contribution in [-0.2, 0) is 19.8 Å². The number of Topliss-reactive ketones (excluding diaryl/α,β-unsaturated/α-hetero) is 1. The number of halogens is 2. The highest BCUT2D eigenvalue weighted by molar-refractivity contribution is 6.41. The fourth-order valence-electron chi connectivity index (χ4n) is 2.43. The Labute approximate surface area is 137 Å². The van der Waals surface area contributed by atoms with Gasteiger partial charge in [-0.05, 0) is 22.3 Å². The van der Waals surface area contributed by atoms with Crippen LogP contribution in [0.1, 0.15) is 34.1 Å². The van der Waals surface area contributed by atoms with Crippen molar-refractivity contribution in [2.24, 2.45) is 0 Å². The van der Waals surface area contributed by atoms with Crippen LogP contribution in [0.4, 0.5) is 0 Å². The number of rotatable bonds is 5. The van der Waals surface area contributed by atoms with E-state index in [4.69, 9.17) is 23.2 Å². The lowest BCUT2D eigenvalue weighted by Gasteiger charge is -2.15. The van der Waals surface area contributed by atoms with Crippen molar-refractivity contribution in [3.05, 3.63) is 44.7 Å². The van der Waals surface area contributed by atoms with Crippen LogP contribution >= 0.6 is 23.2 Å². The number of hydrogen-bond acceptors (Lipinski definition) is 4. The molecule has 0 bridgehead atoms. The molecule has 0 amide bonds. The van der Waals surface area contributed by atoms with Crippen molar-refractivity contribution in [2.75, 3.05) is 0 Å². The standard InChI is InChI=1S/C15H15Cl2NO4/c1-7(22)14-13(16)12(15(17)18-14)9-3-2-8(4-19)10(5-20)11(9)6-21/h2-3,18-21H,4-6H2,1H3. The Morgan fingerprint density at radius 3 is 2.18 bits per heavy atom. The van der Waals surface area contributed by atoms with Gasteiger partial charge in [0.2, 0.25) is 0 Å². The van der Waals surface area contributed by atoms with E-state index < -0.39 is 0 Å². The van der Waals surface area contributed by atoms with E-state index in [0.717, 1.165) is 0 Å². The Bertz CT molecular complexity index is 725. The highest BCUT2D eigenvalue weighted by Crippen LogP contribution is 2.40. The van der Waals surface area contributed by atoms with E-state index in [0.29, 0.717) is 27.8 Å². The van der Waals surface area contributed by atoms with Crippen molar-refractivity contribution in [1.29, 1.82) is 0 Å². The van der Waals surface area contributed by atoms with Crippen molar-refractivity contribution >= 4 is 29.0 Å². The number of benzene rings is 1. The molecule has 2 aromatic rings. The van der Waals surface area contributed by atoms with Gasteiger partial charge in [-0.2, -0.15) is 0 Å². The van der Waals surface area contributed by atoms with Gasteiger partial charge < -0.3 is 20.3 Å². The third-order valence-corrected chi connectivity index (χ3v) is 4.19. The van der Waals surface area contributed by atoms with Gasteiger partial charge in [-0.3, -0.25) is 4.79 Å². The van der Waals surface area contributed by atoms with Crippen LogP contribution in [-0.4, -0.2) is 26.1 Å². The Morgan fingerprint density at radius 1 is 1.09 bits per heavy atom. The lowest BCUT2D eigenvalue weighted by Crippen LogP contribution is -2.03. The van der Waals surface area contributed by atoms with E-state index in [-0.39, 0.29) is 41.5 Å². The summed E-state index contributed by atoms with van der Waals surface area (Å²) < 4.78 is 0. The molecule has 2 rings (SSSR count). The summed E-state index contributed by atoms with van der Waals surface area (Å²) in [5.41, 5.74) is 2.40. The highest BCUT2D eigenvalue weighted by atomic mass is 35.5. The Kier molecular flexibility index (Phi) is 5.26. The molecule has 0 aliphatic rings. The molecule has 0 unspecified atom stereocenters. The van der Waals surface area contributed by atoms with Crippen molar-refractivity contribution in [3.8, 4) is 11.1 Å². The smallest absolute Gasteiger partial charge is 0.177 e. The molecule has 0 radical (unpaired) electrons. The van der Waals surface area contributed by atoms with Crippen molar-refractivity contribution < 1.29 is 20.1 Å². The normalized spacial score (nSPS) is 11.0. The third-order valence-electron chi connectivity index (χ3n) is 3.53. The monoisotopic (exact) mass is 343 g/mol. The van der Waals surface area contributed by atoms with Gasteiger partial charge >= 0.3 is 0 Å². The summed E-state index contributed by atoms with van der Waals surface area (Å²) in [6.07, 6.45) is 0. The molecule has 1 aromatic heterocycles. The number of nitrogens with one attached hydrogen (secondary N) is 1.